The molecule has 5 nitrogen and oxygen atoms in total. The molecule has 2 rings (SSSR count). The van der Waals surface area contributed by atoms with Gasteiger partial charge in [-0.15, -0.1) is 5.10 Å². The van der Waals surface area contributed by atoms with E-state index >= 15 is 0 Å². The summed E-state index contributed by atoms with van der Waals surface area (Å²) in [4.78, 5) is 11.8. The number of hydrogen-bond donors (Lipinski definition) is 1. The molecule has 0 spiro atoms. The molecule has 0 fully saturated rings. The minimum Gasteiger partial charge on any atom is -0.491 e. The van der Waals surface area contributed by atoms with Gasteiger partial charge >= 0.3 is 0 Å². The largest absolute Gasteiger partial charge is 0.491 e. The van der Waals surface area contributed by atoms with Gasteiger partial charge in [0, 0.05) is 11.9 Å². The molecule has 0 saturated heterocycles. The Hall–Kier alpha value is -2.43. The van der Waals surface area contributed by atoms with E-state index in [1.165, 1.54) is 6.20 Å². The second kappa shape index (κ2) is 5.95. The van der Waals surface area contributed by atoms with Gasteiger partial charge in [0.1, 0.15) is 5.75 Å². The average molecular weight is 257 g/mol. The van der Waals surface area contributed by atoms with Gasteiger partial charge in [0.05, 0.1) is 6.10 Å². The van der Waals surface area contributed by atoms with E-state index in [4.69, 9.17) is 4.74 Å². The van der Waals surface area contributed by atoms with E-state index in [-0.39, 0.29) is 17.7 Å². The molecule has 0 aliphatic carbocycles. The van der Waals surface area contributed by atoms with Crippen LogP contribution < -0.4 is 10.1 Å². The molecule has 2 aromatic rings. The lowest BCUT2D eigenvalue weighted by molar-refractivity contribution is 0.102. The Labute approximate surface area is 111 Å². The zero-order valence-corrected chi connectivity index (χ0v) is 10.8. The van der Waals surface area contributed by atoms with Crippen LogP contribution in [-0.2, 0) is 0 Å². The van der Waals surface area contributed by atoms with Crippen molar-refractivity contribution in [3.05, 3.63) is 48.3 Å². The molecule has 98 valence electrons. The Bertz CT molecular complexity index is 538. The molecule has 0 radical (unpaired) electrons. The molecular formula is C14H15N3O2. The highest BCUT2D eigenvalue weighted by Gasteiger charge is 2.07. The third-order valence-corrected chi connectivity index (χ3v) is 2.29. The number of rotatable bonds is 4. The normalized spacial score (nSPS) is 10.3. The summed E-state index contributed by atoms with van der Waals surface area (Å²) < 4.78 is 5.52. The van der Waals surface area contributed by atoms with Crippen molar-refractivity contribution in [2.75, 3.05) is 5.32 Å². The molecule has 5 heteroatoms. The summed E-state index contributed by atoms with van der Waals surface area (Å²) in [6, 6.07) is 10.5. The predicted molar refractivity (Wildman–Crippen MR) is 72.2 cm³/mol. The van der Waals surface area contributed by atoms with E-state index in [0.717, 1.165) is 5.75 Å². The predicted octanol–water partition coefficient (Wildman–Crippen LogP) is 2.52. The molecule has 1 N–H and O–H groups in total. The number of aromatic nitrogens is 2. The van der Waals surface area contributed by atoms with Gasteiger partial charge in [0.25, 0.3) is 5.91 Å². The van der Waals surface area contributed by atoms with Crippen molar-refractivity contribution >= 4 is 11.6 Å². The average Bonchev–Trinajstić information content (AvgIpc) is 2.41. The zero-order chi connectivity index (χ0) is 13.7. The maximum atomic E-state index is 11.8. The van der Waals surface area contributed by atoms with Crippen LogP contribution in [0.1, 0.15) is 24.3 Å². The second-order valence-electron chi connectivity index (χ2n) is 4.25. The highest BCUT2D eigenvalue weighted by atomic mass is 16.5. The molecule has 1 heterocycles. The summed E-state index contributed by atoms with van der Waals surface area (Å²) in [5.41, 5.74) is 0.969. The minimum absolute atomic E-state index is 0.125. The monoisotopic (exact) mass is 257 g/mol. The highest BCUT2D eigenvalue weighted by Crippen LogP contribution is 2.17. The first kappa shape index (κ1) is 13.0. The van der Waals surface area contributed by atoms with Crippen molar-refractivity contribution in [3.63, 3.8) is 0 Å². The number of carbonyl (C=O) groups is 1. The molecule has 1 aromatic carbocycles. The topological polar surface area (TPSA) is 64.1 Å². The van der Waals surface area contributed by atoms with Crippen molar-refractivity contribution in [2.45, 2.75) is 20.0 Å². The molecule has 1 amide bonds. The fourth-order valence-electron chi connectivity index (χ4n) is 1.51. The van der Waals surface area contributed by atoms with Crippen LogP contribution in [0, 0.1) is 0 Å². The number of nitrogens with one attached hydrogen (secondary N) is 1. The Morgan fingerprint density at radius 3 is 2.53 bits per heavy atom. The minimum atomic E-state index is -0.286. The van der Waals surface area contributed by atoms with Crippen molar-refractivity contribution in [1.82, 2.24) is 10.2 Å². The van der Waals surface area contributed by atoms with E-state index in [1.807, 2.05) is 26.0 Å². The summed E-state index contributed by atoms with van der Waals surface area (Å²) >= 11 is 0. The van der Waals surface area contributed by atoms with E-state index in [0.29, 0.717) is 5.69 Å². The number of anilines is 1. The van der Waals surface area contributed by atoms with Crippen LogP contribution in [0.4, 0.5) is 5.69 Å². The van der Waals surface area contributed by atoms with Crippen molar-refractivity contribution in [2.24, 2.45) is 0 Å². The number of nitrogens with zero attached hydrogens (tertiary/aromatic N) is 2. The van der Waals surface area contributed by atoms with Crippen LogP contribution in [0.25, 0.3) is 0 Å². The lowest BCUT2D eigenvalue weighted by Crippen LogP contribution is -2.14. The molecule has 0 bridgehead atoms. The third kappa shape index (κ3) is 3.77. The van der Waals surface area contributed by atoms with Crippen molar-refractivity contribution < 1.29 is 9.53 Å². The molecule has 0 unspecified atom stereocenters. The molecule has 0 aliphatic heterocycles. The lowest BCUT2D eigenvalue weighted by Gasteiger charge is -2.10. The van der Waals surface area contributed by atoms with Gasteiger partial charge in [0.15, 0.2) is 5.69 Å². The number of ether oxygens (including phenoxy) is 1. The second-order valence-corrected chi connectivity index (χ2v) is 4.25. The lowest BCUT2D eigenvalue weighted by atomic mass is 10.3. The fourth-order valence-corrected chi connectivity index (χ4v) is 1.51. The third-order valence-electron chi connectivity index (χ3n) is 2.29. The summed E-state index contributed by atoms with van der Waals surface area (Å²) in [5, 5.41) is 10.2. The van der Waals surface area contributed by atoms with Crippen LogP contribution in [0.5, 0.6) is 5.75 Å². The van der Waals surface area contributed by atoms with Gasteiger partial charge in [-0.3, -0.25) is 4.79 Å². The molecule has 0 atom stereocenters. The maximum Gasteiger partial charge on any atom is 0.276 e. The smallest absolute Gasteiger partial charge is 0.276 e. The Kier molecular flexibility index (Phi) is 4.07. The SMILES string of the molecule is CC(C)Oc1ccc(NC(=O)c2cccnn2)cc1. The maximum absolute atomic E-state index is 11.8. The number of hydrogen-bond acceptors (Lipinski definition) is 4. The van der Waals surface area contributed by atoms with Crippen LogP contribution in [-0.4, -0.2) is 22.2 Å². The highest BCUT2D eigenvalue weighted by molar-refractivity contribution is 6.02. The van der Waals surface area contributed by atoms with E-state index < -0.39 is 0 Å². The van der Waals surface area contributed by atoms with E-state index in [1.54, 1.807) is 24.3 Å². The summed E-state index contributed by atoms with van der Waals surface area (Å²) in [5.74, 6) is 0.484. The van der Waals surface area contributed by atoms with Gasteiger partial charge in [-0.2, -0.15) is 5.10 Å². The Balaban J connectivity index is 2.02. The summed E-state index contributed by atoms with van der Waals surface area (Å²) in [6.45, 7) is 3.92. The standard InChI is InChI=1S/C14H15N3O2/c1-10(2)19-12-7-5-11(6-8-12)16-14(18)13-4-3-9-15-17-13/h3-10H,1-2H3,(H,16,18). The van der Waals surface area contributed by atoms with Crippen molar-refractivity contribution in [1.29, 1.82) is 0 Å². The Morgan fingerprint density at radius 1 is 1.21 bits per heavy atom. The molecule has 19 heavy (non-hydrogen) atoms. The molecule has 0 aliphatic rings. The fraction of sp³-hybridized carbons (Fsp3) is 0.214. The van der Waals surface area contributed by atoms with Gasteiger partial charge in [0.2, 0.25) is 0 Å². The van der Waals surface area contributed by atoms with Crippen LogP contribution >= 0.6 is 0 Å². The number of amides is 1. The van der Waals surface area contributed by atoms with Crippen molar-refractivity contribution in [3.8, 4) is 5.75 Å². The van der Waals surface area contributed by atoms with Crippen LogP contribution in [0.15, 0.2) is 42.6 Å². The number of benzene rings is 1. The summed E-state index contributed by atoms with van der Waals surface area (Å²) in [7, 11) is 0. The molecule has 0 saturated carbocycles. The van der Waals surface area contributed by atoms with Gasteiger partial charge < -0.3 is 10.1 Å². The first-order valence-corrected chi connectivity index (χ1v) is 6.01. The first-order chi connectivity index (χ1) is 9.15. The van der Waals surface area contributed by atoms with Gasteiger partial charge in [-0.25, -0.2) is 0 Å². The molecule has 1 aromatic heterocycles. The quantitative estimate of drug-likeness (QED) is 0.914. The van der Waals surface area contributed by atoms with Gasteiger partial charge in [-0.1, -0.05) is 0 Å². The Morgan fingerprint density at radius 2 is 1.95 bits per heavy atom. The van der Waals surface area contributed by atoms with E-state index in [9.17, 15) is 4.79 Å². The van der Waals surface area contributed by atoms with E-state index in [2.05, 4.69) is 15.5 Å². The first-order valence-electron chi connectivity index (χ1n) is 6.01. The van der Waals surface area contributed by atoms with Gasteiger partial charge in [-0.05, 0) is 50.2 Å². The summed E-state index contributed by atoms with van der Waals surface area (Å²) in [6.07, 6.45) is 1.65. The molecular weight excluding hydrogens is 242 g/mol. The van der Waals surface area contributed by atoms with Crippen LogP contribution in [0.3, 0.4) is 0 Å². The number of carbonyl (C=O) groups excluding carboxylic acids is 1. The van der Waals surface area contributed by atoms with Crippen LogP contribution in [0.2, 0.25) is 0 Å². The zero-order valence-electron chi connectivity index (χ0n) is 10.8.